The Hall–Kier alpha value is -0.420. The average Bonchev–Trinajstić information content (AvgIpc) is 2.75. The topological polar surface area (TPSA) is 24.9 Å². The summed E-state index contributed by atoms with van der Waals surface area (Å²) in [5.41, 5.74) is 2.27. The van der Waals surface area contributed by atoms with E-state index >= 15 is 0 Å². The summed E-state index contributed by atoms with van der Waals surface area (Å²) in [6.45, 7) is 3.72. The van der Waals surface area contributed by atoms with Gasteiger partial charge >= 0.3 is 0 Å². The number of thiazole rings is 1. The van der Waals surface area contributed by atoms with Crippen LogP contribution >= 0.6 is 38.9 Å². The van der Waals surface area contributed by atoms with E-state index in [1.54, 1.807) is 11.3 Å². The van der Waals surface area contributed by atoms with Crippen LogP contribution in [-0.2, 0) is 13.0 Å². The number of halogens is 2. The van der Waals surface area contributed by atoms with Crippen LogP contribution in [0.15, 0.2) is 28.1 Å². The fourth-order valence-corrected chi connectivity index (χ4v) is 2.88. The second-order valence-electron chi connectivity index (χ2n) is 4.02. The van der Waals surface area contributed by atoms with Crippen LogP contribution in [0, 0.1) is 6.92 Å². The first-order chi connectivity index (χ1) is 8.65. The van der Waals surface area contributed by atoms with Gasteiger partial charge in [0, 0.05) is 34.4 Å². The smallest absolute Gasteiger partial charge is 0.0897 e. The SMILES string of the molecule is Cc1nc(CCNCc2cc(Br)ccc2Cl)cs1. The van der Waals surface area contributed by atoms with Gasteiger partial charge in [0.15, 0.2) is 0 Å². The highest BCUT2D eigenvalue weighted by molar-refractivity contribution is 9.10. The van der Waals surface area contributed by atoms with Gasteiger partial charge in [0.1, 0.15) is 0 Å². The van der Waals surface area contributed by atoms with Gasteiger partial charge in [0.25, 0.3) is 0 Å². The second-order valence-corrected chi connectivity index (χ2v) is 6.41. The molecule has 0 amide bonds. The molecule has 96 valence electrons. The van der Waals surface area contributed by atoms with Gasteiger partial charge in [-0.15, -0.1) is 11.3 Å². The zero-order chi connectivity index (χ0) is 13.0. The maximum Gasteiger partial charge on any atom is 0.0897 e. The molecule has 1 aromatic heterocycles. The van der Waals surface area contributed by atoms with Crippen molar-refractivity contribution in [1.29, 1.82) is 0 Å². The molecule has 0 radical (unpaired) electrons. The highest BCUT2D eigenvalue weighted by atomic mass is 79.9. The normalized spacial score (nSPS) is 10.8. The van der Waals surface area contributed by atoms with E-state index in [2.05, 4.69) is 31.6 Å². The average molecular weight is 346 g/mol. The van der Waals surface area contributed by atoms with Crippen molar-refractivity contribution in [3.8, 4) is 0 Å². The number of nitrogens with zero attached hydrogens (tertiary/aromatic N) is 1. The van der Waals surface area contributed by atoms with Crippen LogP contribution in [0.5, 0.6) is 0 Å². The van der Waals surface area contributed by atoms with Crippen LogP contribution < -0.4 is 5.32 Å². The molecule has 1 aromatic carbocycles. The minimum absolute atomic E-state index is 0.779. The third-order valence-corrected chi connectivity index (χ3v) is 4.23. The molecule has 0 saturated heterocycles. The van der Waals surface area contributed by atoms with E-state index in [0.29, 0.717) is 0 Å². The molecular formula is C13H14BrClN2S. The van der Waals surface area contributed by atoms with Crippen molar-refractivity contribution < 1.29 is 0 Å². The fourth-order valence-electron chi connectivity index (χ4n) is 1.64. The van der Waals surface area contributed by atoms with Crippen LogP contribution in [0.25, 0.3) is 0 Å². The molecule has 1 heterocycles. The van der Waals surface area contributed by atoms with Gasteiger partial charge in [0.2, 0.25) is 0 Å². The van der Waals surface area contributed by atoms with Crippen molar-refractivity contribution in [2.75, 3.05) is 6.54 Å². The van der Waals surface area contributed by atoms with E-state index < -0.39 is 0 Å². The number of rotatable bonds is 5. The number of hydrogen-bond donors (Lipinski definition) is 1. The van der Waals surface area contributed by atoms with Gasteiger partial charge in [-0.3, -0.25) is 0 Å². The Bertz CT molecular complexity index is 527. The highest BCUT2D eigenvalue weighted by Crippen LogP contribution is 2.20. The van der Waals surface area contributed by atoms with Crippen LogP contribution in [0.4, 0.5) is 0 Å². The van der Waals surface area contributed by atoms with Crippen LogP contribution in [-0.4, -0.2) is 11.5 Å². The van der Waals surface area contributed by atoms with Crippen molar-refractivity contribution in [3.05, 3.63) is 49.3 Å². The summed E-state index contributed by atoms with van der Waals surface area (Å²) < 4.78 is 1.05. The van der Waals surface area contributed by atoms with Gasteiger partial charge < -0.3 is 5.32 Å². The van der Waals surface area contributed by atoms with Crippen LogP contribution in [0.1, 0.15) is 16.3 Å². The Labute approximate surface area is 125 Å². The maximum absolute atomic E-state index is 6.12. The summed E-state index contributed by atoms with van der Waals surface area (Å²) in [7, 11) is 0. The Morgan fingerprint density at radius 1 is 1.44 bits per heavy atom. The van der Waals surface area contributed by atoms with Crippen molar-refractivity contribution in [2.24, 2.45) is 0 Å². The Morgan fingerprint density at radius 3 is 3.00 bits per heavy atom. The third-order valence-electron chi connectivity index (χ3n) is 2.55. The molecule has 0 aliphatic heterocycles. The third kappa shape index (κ3) is 4.05. The number of aromatic nitrogens is 1. The molecule has 2 rings (SSSR count). The lowest BCUT2D eigenvalue weighted by molar-refractivity contribution is 0.681. The van der Waals surface area contributed by atoms with Gasteiger partial charge in [-0.25, -0.2) is 4.98 Å². The van der Waals surface area contributed by atoms with Crippen LogP contribution in [0.2, 0.25) is 5.02 Å². The van der Waals surface area contributed by atoms with Crippen molar-refractivity contribution in [3.63, 3.8) is 0 Å². The van der Waals surface area contributed by atoms with E-state index in [-0.39, 0.29) is 0 Å². The summed E-state index contributed by atoms with van der Waals surface area (Å²) in [4.78, 5) is 4.43. The lowest BCUT2D eigenvalue weighted by atomic mass is 10.2. The molecular weight excluding hydrogens is 332 g/mol. The monoisotopic (exact) mass is 344 g/mol. The van der Waals surface area contributed by atoms with Crippen molar-refractivity contribution >= 4 is 38.9 Å². The summed E-state index contributed by atoms with van der Waals surface area (Å²) in [6.07, 6.45) is 0.954. The van der Waals surface area contributed by atoms with Crippen LogP contribution in [0.3, 0.4) is 0 Å². The second kappa shape index (κ2) is 6.66. The predicted octanol–water partition coefficient (Wildman–Crippen LogP) is 4.20. The van der Waals surface area contributed by atoms with E-state index in [4.69, 9.17) is 11.6 Å². The van der Waals surface area contributed by atoms with Gasteiger partial charge in [-0.1, -0.05) is 27.5 Å². The minimum atomic E-state index is 0.779. The number of benzene rings is 1. The molecule has 0 spiro atoms. The molecule has 0 atom stereocenters. The quantitative estimate of drug-likeness (QED) is 0.822. The maximum atomic E-state index is 6.12. The van der Waals surface area contributed by atoms with Gasteiger partial charge in [-0.2, -0.15) is 0 Å². The fraction of sp³-hybridized carbons (Fsp3) is 0.308. The zero-order valence-corrected chi connectivity index (χ0v) is 13.2. The largest absolute Gasteiger partial charge is 0.312 e. The Morgan fingerprint density at radius 2 is 2.28 bits per heavy atom. The Balaban J connectivity index is 1.80. The summed E-state index contributed by atoms with van der Waals surface area (Å²) >= 11 is 11.3. The van der Waals surface area contributed by atoms with Gasteiger partial charge in [0.05, 0.1) is 10.7 Å². The molecule has 2 aromatic rings. The van der Waals surface area contributed by atoms with Crippen molar-refractivity contribution in [1.82, 2.24) is 10.3 Å². The van der Waals surface area contributed by atoms with E-state index in [1.165, 1.54) is 0 Å². The molecule has 0 saturated carbocycles. The highest BCUT2D eigenvalue weighted by Gasteiger charge is 2.02. The summed E-state index contributed by atoms with van der Waals surface area (Å²) in [6, 6.07) is 5.90. The lowest BCUT2D eigenvalue weighted by Gasteiger charge is -2.06. The molecule has 18 heavy (non-hydrogen) atoms. The first-order valence-corrected chi connectivity index (χ1v) is 7.76. The Kier molecular flexibility index (Phi) is 5.18. The molecule has 5 heteroatoms. The number of hydrogen-bond acceptors (Lipinski definition) is 3. The lowest BCUT2D eigenvalue weighted by Crippen LogP contribution is -2.17. The molecule has 0 aliphatic carbocycles. The molecule has 0 fully saturated rings. The standard InChI is InChI=1S/C13H14BrClN2S/c1-9-17-12(8-18-9)4-5-16-7-10-6-11(14)2-3-13(10)15/h2-3,6,8,16H,4-5,7H2,1H3. The summed E-state index contributed by atoms with van der Waals surface area (Å²) in [5.74, 6) is 0. The van der Waals surface area contributed by atoms with Gasteiger partial charge in [-0.05, 0) is 30.7 Å². The van der Waals surface area contributed by atoms with E-state index in [0.717, 1.165) is 45.3 Å². The first-order valence-electron chi connectivity index (χ1n) is 5.71. The number of aryl methyl sites for hydroxylation is 1. The molecule has 0 bridgehead atoms. The first kappa shape index (κ1) is 14.0. The molecule has 0 aliphatic rings. The zero-order valence-electron chi connectivity index (χ0n) is 10.0. The number of nitrogens with one attached hydrogen (secondary N) is 1. The predicted molar refractivity (Wildman–Crippen MR) is 81.4 cm³/mol. The molecule has 2 nitrogen and oxygen atoms in total. The van der Waals surface area contributed by atoms with E-state index in [9.17, 15) is 0 Å². The summed E-state index contributed by atoms with van der Waals surface area (Å²) in [5, 5.41) is 7.43. The van der Waals surface area contributed by atoms with Crippen molar-refractivity contribution in [2.45, 2.75) is 19.9 Å². The molecule has 0 unspecified atom stereocenters. The van der Waals surface area contributed by atoms with E-state index in [1.807, 2.05) is 25.1 Å². The minimum Gasteiger partial charge on any atom is -0.312 e. The molecule has 1 N–H and O–H groups in total.